The number of rotatable bonds is 9. The molecule has 3 aromatic rings. The van der Waals surface area contributed by atoms with Crippen molar-refractivity contribution in [2.24, 2.45) is 17.8 Å². The SMILES string of the molecule is C=CCCC1CCC(C2CCC(c3ccc(-c4cc(F)c(C(F)(F)Oc5ccc(C(F)(F)F)c(F)c5)c(F)c4)c(F)c3)CC2)CC1. The maximum absolute atomic E-state index is 15.3. The summed E-state index contributed by atoms with van der Waals surface area (Å²) in [4.78, 5) is 0. The van der Waals surface area contributed by atoms with Crippen LogP contribution in [0.2, 0.25) is 0 Å². The van der Waals surface area contributed by atoms with Crippen molar-refractivity contribution in [3.8, 4) is 16.9 Å². The van der Waals surface area contributed by atoms with Crippen molar-refractivity contribution in [3.05, 3.63) is 101 Å². The molecule has 1 nitrogen and oxygen atoms in total. The molecule has 0 spiro atoms. The van der Waals surface area contributed by atoms with E-state index >= 15 is 4.39 Å². The quantitative estimate of drug-likeness (QED) is 0.165. The van der Waals surface area contributed by atoms with Crippen LogP contribution in [0.3, 0.4) is 0 Å². The molecular formula is C36H35F9O. The minimum atomic E-state index is -5.09. The molecule has 0 aromatic heterocycles. The molecule has 2 aliphatic carbocycles. The van der Waals surface area contributed by atoms with Gasteiger partial charge in [0.25, 0.3) is 0 Å². The zero-order valence-electron chi connectivity index (χ0n) is 25.1. The first-order valence-electron chi connectivity index (χ1n) is 15.6. The highest BCUT2D eigenvalue weighted by molar-refractivity contribution is 5.65. The van der Waals surface area contributed by atoms with E-state index in [2.05, 4.69) is 11.3 Å². The van der Waals surface area contributed by atoms with Crippen LogP contribution in [0.4, 0.5) is 39.5 Å². The highest BCUT2D eigenvalue weighted by Gasteiger charge is 2.42. The van der Waals surface area contributed by atoms with Crippen molar-refractivity contribution in [2.45, 2.75) is 82.4 Å². The summed E-state index contributed by atoms with van der Waals surface area (Å²) in [6.45, 7) is 3.82. The van der Waals surface area contributed by atoms with Crippen LogP contribution in [0.15, 0.2) is 61.2 Å². The molecule has 0 unspecified atom stereocenters. The van der Waals surface area contributed by atoms with Crippen LogP contribution in [-0.2, 0) is 12.3 Å². The minimum Gasteiger partial charge on any atom is -0.429 e. The van der Waals surface area contributed by atoms with Crippen molar-refractivity contribution in [3.63, 3.8) is 0 Å². The van der Waals surface area contributed by atoms with E-state index in [9.17, 15) is 35.1 Å². The van der Waals surface area contributed by atoms with Gasteiger partial charge in [-0.25, -0.2) is 17.6 Å². The molecule has 2 fully saturated rings. The first kappa shape index (κ1) is 33.9. The van der Waals surface area contributed by atoms with Gasteiger partial charge < -0.3 is 4.74 Å². The third-order valence-electron chi connectivity index (χ3n) is 9.71. The second-order valence-corrected chi connectivity index (χ2v) is 12.6. The first-order chi connectivity index (χ1) is 21.8. The van der Waals surface area contributed by atoms with Gasteiger partial charge in [-0.3, -0.25) is 0 Å². The van der Waals surface area contributed by atoms with Crippen LogP contribution in [0.5, 0.6) is 5.75 Å². The van der Waals surface area contributed by atoms with Crippen LogP contribution in [0.25, 0.3) is 11.1 Å². The number of allylic oxidation sites excluding steroid dienone is 1. The summed E-state index contributed by atoms with van der Waals surface area (Å²) < 4.78 is 131. The van der Waals surface area contributed by atoms with Crippen LogP contribution in [0, 0.1) is 41.0 Å². The highest BCUT2D eigenvalue weighted by Crippen LogP contribution is 2.45. The Morgan fingerprint density at radius 3 is 1.85 bits per heavy atom. The third kappa shape index (κ3) is 7.58. The van der Waals surface area contributed by atoms with Gasteiger partial charge in [0.2, 0.25) is 0 Å². The van der Waals surface area contributed by atoms with Crippen molar-refractivity contribution >= 4 is 0 Å². The average molecular weight is 655 g/mol. The number of benzene rings is 3. The summed E-state index contributed by atoms with van der Waals surface area (Å²) >= 11 is 0. The number of hydrogen-bond acceptors (Lipinski definition) is 1. The van der Waals surface area contributed by atoms with Crippen molar-refractivity contribution in [1.82, 2.24) is 0 Å². The fourth-order valence-electron chi connectivity index (χ4n) is 7.24. The fraction of sp³-hybridized carbons (Fsp3) is 0.444. The molecule has 0 saturated heterocycles. The highest BCUT2D eigenvalue weighted by atomic mass is 19.4. The fourth-order valence-corrected chi connectivity index (χ4v) is 7.24. The monoisotopic (exact) mass is 654 g/mol. The van der Waals surface area contributed by atoms with Gasteiger partial charge >= 0.3 is 12.3 Å². The van der Waals surface area contributed by atoms with Crippen molar-refractivity contribution in [2.75, 3.05) is 0 Å². The van der Waals surface area contributed by atoms with E-state index in [0.29, 0.717) is 24.1 Å². The number of halogens is 9. The Morgan fingerprint density at radius 2 is 1.30 bits per heavy atom. The van der Waals surface area contributed by atoms with Gasteiger partial charge in [0.05, 0.1) is 5.56 Å². The molecule has 2 saturated carbocycles. The molecule has 10 heteroatoms. The second-order valence-electron chi connectivity index (χ2n) is 12.6. The lowest BCUT2D eigenvalue weighted by Gasteiger charge is -2.38. The van der Waals surface area contributed by atoms with E-state index in [1.165, 1.54) is 44.2 Å². The Morgan fingerprint density at radius 1 is 0.696 bits per heavy atom. The van der Waals surface area contributed by atoms with Gasteiger partial charge in [-0.2, -0.15) is 22.0 Å². The van der Waals surface area contributed by atoms with E-state index in [0.717, 1.165) is 49.5 Å². The first-order valence-corrected chi connectivity index (χ1v) is 15.6. The normalized spacial score (nSPS) is 22.5. The maximum atomic E-state index is 15.3. The van der Waals surface area contributed by atoms with Crippen LogP contribution in [0.1, 0.15) is 86.8 Å². The Bertz CT molecular complexity index is 1510. The summed E-state index contributed by atoms with van der Waals surface area (Å²) in [6.07, 6.45) is 3.40. The van der Waals surface area contributed by atoms with Crippen LogP contribution < -0.4 is 4.74 Å². The van der Waals surface area contributed by atoms with E-state index in [-0.39, 0.29) is 29.2 Å². The van der Waals surface area contributed by atoms with Gasteiger partial charge in [-0.15, -0.1) is 6.58 Å². The van der Waals surface area contributed by atoms with E-state index in [1.54, 1.807) is 6.07 Å². The lowest BCUT2D eigenvalue weighted by molar-refractivity contribution is -0.189. The minimum absolute atomic E-state index is 0.0428. The molecule has 0 amide bonds. The van der Waals surface area contributed by atoms with Gasteiger partial charge in [0.1, 0.15) is 34.6 Å². The zero-order chi connectivity index (χ0) is 33.2. The summed E-state index contributed by atoms with van der Waals surface area (Å²) in [5.41, 5.74) is -3.32. The van der Waals surface area contributed by atoms with Crippen LogP contribution in [-0.4, -0.2) is 0 Å². The average Bonchev–Trinajstić information content (AvgIpc) is 2.99. The number of alkyl halides is 5. The standard InChI is InChI=1S/C36H35F9O/c1-2-3-4-21-5-7-22(8-6-21)23-9-11-24(12-10-23)25-13-15-28(30(37)17-25)26-18-32(39)34(33(40)19-26)36(44,45)46-27-14-16-29(31(38)20-27)35(41,42)43/h2,13-24H,1,3-12H2. The molecule has 0 aliphatic heterocycles. The Labute approximate surface area is 262 Å². The molecule has 3 aromatic carbocycles. The Balaban J connectivity index is 1.24. The predicted octanol–water partition coefficient (Wildman–Crippen LogP) is 12.1. The lowest BCUT2D eigenvalue weighted by Crippen LogP contribution is -2.25. The van der Waals surface area contributed by atoms with E-state index in [1.807, 2.05) is 6.08 Å². The van der Waals surface area contributed by atoms with Crippen LogP contribution >= 0.6 is 0 Å². The molecule has 0 bridgehead atoms. The third-order valence-corrected chi connectivity index (χ3v) is 9.71. The van der Waals surface area contributed by atoms with Gasteiger partial charge in [-0.1, -0.05) is 31.1 Å². The molecule has 0 radical (unpaired) electrons. The molecule has 0 N–H and O–H groups in total. The Hall–Kier alpha value is -3.43. The van der Waals surface area contributed by atoms with Gasteiger partial charge in [0.15, 0.2) is 0 Å². The summed E-state index contributed by atoms with van der Waals surface area (Å²) in [7, 11) is 0. The van der Waals surface area contributed by atoms with Crippen molar-refractivity contribution in [1.29, 1.82) is 0 Å². The lowest BCUT2D eigenvalue weighted by atomic mass is 9.68. The molecular weight excluding hydrogens is 619 g/mol. The van der Waals surface area contributed by atoms with Gasteiger partial charge in [0, 0.05) is 11.6 Å². The zero-order valence-corrected chi connectivity index (χ0v) is 25.1. The molecule has 0 atom stereocenters. The molecule has 2 aliphatic rings. The summed E-state index contributed by atoms with van der Waals surface area (Å²) in [5, 5.41) is 0. The molecule has 5 rings (SSSR count). The van der Waals surface area contributed by atoms with Crippen molar-refractivity contribution < 1.29 is 44.3 Å². The van der Waals surface area contributed by atoms with Gasteiger partial charge in [-0.05, 0) is 116 Å². The Kier molecular flexibility index (Phi) is 10.1. The summed E-state index contributed by atoms with van der Waals surface area (Å²) in [6, 6.07) is 6.06. The number of hydrogen-bond donors (Lipinski definition) is 0. The largest absolute Gasteiger partial charge is 0.432 e. The van der Waals surface area contributed by atoms with E-state index in [4.69, 9.17) is 0 Å². The maximum Gasteiger partial charge on any atom is 0.432 e. The summed E-state index contributed by atoms with van der Waals surface area (Å²) in [5.74, 6) is -4.98. The molecule has 46 heavy (non-hydrogen) atoms. The topological polar surface area (TPSA) is 9.23 Å². The smallest absolute Gasteiger partial charge is 0.429 e. The molecule has 248 valence electrons. The second kappa shape index (κ2) is 13.7. The predicted molar refractivity (Wildman–Crippen MR) is 157 cm³/mol. The van der Waals surface area contributed by atoms with E-state index < -0.39 is 52.4 Å². The number of ether oxygens (including phenoxy) is 1. The molecule has 0 heterocycles.